The average Bonchev–Trinajstić information content (AvgIpc) is 2.43. The van der Waals surface area contributed by atoms with Crippen LogP contribution in [0.1, 0.15) is 12.5 Å². The van der Waals surface area contributed by atoms with Crippen LogP contribution in [0.2, 0.25) is 0 Å². The second-order valence-corrected chi connectivity index (χ2v) is 5.99. The predicted molar refractivity (Wildman–Crippen MR) is 89.5 cm³/mol. The lowest BCUT2D eigenvalue weighted by atomic mass is 10.2. The molecule has 1 heterocycles. The third kappa shape index (κ3) is 4.49. The van der Waals surface area contributed by atoms with E-state index in [0.717, 1.165) is 30.9 Å². The number of anilines is 1. The summed E-state index contributed by atoms with van der Waals surface area (Å²) in [5, 5.41) is 2.90. The van der Waals surface area contributed by atoms with Crippen molar-refractivity contribution in [3.05, 3.63) is 29.8 Å². The molecule has 2 rings (SSSR count). The summed E-state index contributed by atoms with van der Waals surface area (Å²) in [6, 6.07) is 7.75. The SMILES string of the molecule is CC1CN(CC(=O)Nc2ccc(C(N)=S)cc2)CCN1C. The number of thiocarbonyl (C=S) groups is 1. The summed E-state index contributed by atoms with van der Waals surface area (Å²) >= 11 is 4.90. The first kappa shape index (κ1) is 15.9. The predicted octanol–water partition coefficient (Wildman–Crippen LogP) is 0.895. The van der Waals surface area contributed by atoms with Crippen LogP contribution in [0.5, 0.6) is 0 Å². The summed E-state index contributed by atoms with van der Waals surface area (Å²) in [5.41, 5.74) is 7.11. The maximum Gasteiger partial charge on any atom is 0.238 e. The molecule has 1 aliphatic heterocycles. The van der Waals surface area contributed by atoms with Crippen molar-refractivity contribution in [3.8, 4) is 0 Å². The lowest BCUT2D eigenvalue weighted by molar-refractivity contribution is -0.117. The first-order chi connectivity index (χ1) is 9.95. The van der Waals surface area contributed by atoms with E-state index in [2.05, 4.69) is 29.1 Å². The van der Waals surface area contributed by atoms with Crippen LogP contribution < -0.4 is 11.1 Å². The van der Waals surface area contributed by atoms with Gasteiger partial charge in [0, 0.05) is 36.9 Å². The molecule has 1 atom stereocenters. The van der Waals surface area contributed by atoms with E-state index in [1.165, 1.54) is 0 Å². The fourth-order valence-electron chi connectivity index (χ4n) is 2.39. The fraction of sp³-hybridized carbons (Fsp3) is 0.467. The number of carbonyl (C=O) groups is 1. The highest BCUT2D eigenvalue weighted by Gasteiger charge is 2.22. The lowest BCUT2D eigenvalue weighted by Crippen LogP contribution is -2.51. The van der Waals surface area contributed by atoms with E-state index in [4.69, 9.17) is 18.0 Å². The highest BCUT2D eigenvalue weighted by Crippen LogP contribution is 2.11. The Morgan fingerprint density at radius 1 is 1.38 bits per heavy atom. The molecule has 0 radical (unpaired) electrons. The number of piperazine rings is 1. The third-order valence-electron chi connectivity index (χ3n) is 3.86. The van der Waals surface area contributed by atoms with Crippen LogP contribution >= 0.6 is 12.2 Å². The maximum absolute atomic E-state index is 12.1. The Kier molecular flexibility index (Phi) is 5.27. The first-order valence-electron chi connectivity index (χ1n) is 7.08. The Labute approximate surface area is 131 Å². The zero-order valence-corrected chi connectivity index (χ0v) is 13.3. The summed E-state index contributed by atoms with van der Waals surface area (Å²) in [5.74, 6) is 0.00910. The standard InChI is InChI=1S/C15H22N4OS/c1-11-9-19(8-7-18(11)2)10-14(20)17-13-5-3-12(4-6-13)15(16)21/h3-6,11H,7-10H2,1-2H3,(H2,16,21)(H,17,20). The van der Waals surface area contributed by atoms with Gasteiger partial charge in [0.1, 0.15) is 4.99 Å². The van der Waals surface area contributed by atoms with Crippen molar-refractivity contribution in [2.75, 3.05) is 38.5 Å². The Balaban J connectivity index is 1.85. The van der Waals surface area contributed by atoms with Gasteiger partial charge in [-0.2, -0.15) is 0 Å². The Hall–Kier alpha value is -1.50. The number of nitrogens with zero attached hydrogens (tertiary/aromatic N) is 2. The van der Waals surface area contributed by atoms with E-state index in [9.17, 15) is 4.79 Å². The van der Waals surface area contributed by atoms with Crippen LogP contribution in [-0.4, -0.2) is 60.0 Å². The molecular formula is C15H22N4OS. The van der Waals surface area contributed by atoms with Crippen LogP contribution in [0, 0.1) is 0 Å². The van der Waals surface area contributed by atoms with Gasteiger partial charge in [-0.05, 0) is 38.2 Å². The Bertz CT molecular complexity index is 517. The number of rotatable bonds is 4. The molecule has 1 aromatic carbocycles. The van der Waals surface area contributed by atoms with E-state index >= 15 is 0 Å². The number of carbonyl (C=O) groups excluding carboxylic acids is 1. The highest BCUT2D eigenvalue weighted by atomic mass is 32.1. The normalized spacial score (nSPS) is 20.2. The maximum atomic E-state index is 12.1. The van der Waals surface area contributed by atoms with E-state index in [1.54, 1.807) is 0 Å². The molecule has 0 spiro atoms. The molecule has 3 N–H and O–H groups in total. The van der Waals surface area contributed by atoms with Crippen molar-refractivity contribution in [1.29, 1.82) is 0 Å². The molecular weight excluding hydrogens is 284 g/mol. The van der Waals surface area contributed by atoms with Gasteiger partial charge in [-0.25, -0.2) is 0 Å². The molecule has 21 heavy (non-hydrogen) atoms. The fourth-order valence-corrected chi connectivity index (χ4v) is 2.53. The van der Waals surface area contributed by atoms with Crippen LogP contribution in [0.4, 0.5) is 5.69 Å². The summed E-state index contributed by atoms with van der Waals surface area (Å²) in [7, 11) is 2.12. The van der Waals surface area contributed by atoms with Gasteiger partial charge in [-0.1, -0.05) is 12.2 Å². The van der Waals surface area contributed by atoms with E-state index in [0.29, 0.717) is 17.6 Å². The van der Waals surface area contributed by atoms with Crippen LogP contribution in [0.25, 0.3) is 0 Å². The monoisotopic (exact) mass is 306 g/mol. The second kappa shape index (κ2) is 6.98. The molecule has 1 aliphatic rings. The summed E-state index contributed by atoms with van der Waals surface area (Å²) in [6.45, 7) is 5.45. The Morgan fingerprint density at radius 3 is 2.62 bits per heavy atom. The summed E-state index contributed by atoms with van der Waals surface area (Å²) < 4.78 is 0. The molecule has 1 amide bonds. The quantitative estimate of drug-likeness (QED) is 0.809. The summed E-state index contributed by atoms with van der Waals surface area (Å²) in [6.07, 6.45) is 0. The number of benzene rings is 1. The number of hydrogen-bond donors (Lipinski definition) is 2. The van der Waals surface area contributed by atoms with Gasteiger partial charge in [0.15, 0.2) is 0 Å². The average molecular weight is 306 g/mol. The molecule has 0 aliphatic carbocycles. The number of nitrogens with two attached hydrogens (primary N) is 1. The van der Waals surface area contributed by atoms with Crippen LogP contribution in [-0.2, 0) is 4.79 Å². The second-order valence-electron chi connectivity index (χ2n) is 5.55. The number of likely N-dealkylation sites (N-methyl/N-ethyl adjacent to an activating group) is 1. The molecule has 1 unspecified atom stereocenters. The highest BCUT2D eigenvalue weighted by molar-refractivity contribution is 7.80. The molecule has 0 bridgehead atoms. The Morgan fingerprint density at radius 2 is 2.05 bits per heavy atom. The molecule has 1 fully saturated rings. The first-order valence-corrected chi connectivity index (χ1v) is 7.49. The zero-order valence-electron chi connectivity index (χ0n) is 12.5. The van der Waals surface area contributed by atoms with Gasteiger partial charge >= 0.3 is 0 Å². The zero-order chi connectivity index (χ0) is 15.4. The minimum atomic E-state index is 0.00910. The van der Waals surface area contributed by atoms with Gasteiger partial charge in [0.05, 0.1) is 6.54 Å². The molecule has 0 saturated carbocycles. The molecule has 6 heteroatoms. The smallest absolute Gasteiger partial charge is 0.238 e. The van der Waals surface area contributed by atoms with Gasteiger partial charge in [-0.15, -0.1) is 0 Å². The van der Waals surface area contributed by atoms with Gasteiger partial charge in [0.2, 0.25) is 5.91 Å². The summed E-state index contributed by atoms with van der Waals surface area (Å²) in [4.78, 5) is 16.9. The number of amides is 1. The third-order valence-corrected chi connectivity index (χ3v) is 4.10. The van der Waals surface area contributed by atoms with Crippen LogP contribution in [0.15, 0.2) is 24.3 Å². The topological polar surface area (TPSA) is 61.6 Å². The number of hydrogen-bond acceptors (Lipinski definition) is 4. The van der Waals surface area contributed by atoms with Crippen molar-refractivity contribution < 1.29 is 4.79 Å². The molecule has 5 nitrogen and oxygen atoms in total. The molecule has 1 aromatic rings. The van der Waals surface area contributed by atoms with Crippen LogP contribution in [0.3, 0.4) is 0 Å². The van der Waals surface area contributed by atoms with Gasteiger partial charge in [-0.3, -0.25) is 9.69 Å². The molecule has 1 saturated heterocycles. The van der Waals surface area contributed by atoms with Crippen molar-refractivity contribution in [2.24, 2.45) is 5.73 Å². The van der Waals surface area contributed by atoms with Gasteiger partial charge < -0.3 is 16.0 Å². The lowest BCUT2D eigenvalue weighted by Gasteiger charge is -2.37. The largest absolute Gasteiger partial charge is 0.389 e. The molecule has 114 valence electrons. The van der Waals surface area contributed by atoms with E-state index < -0.39 is 0 Å². The molecule has 0 aromatic heterocycles. The van der Waals surface area contributed by atoms with Crippen molar-refractivity contribution in [3.63, 3.8) is 0 Å². The number of nitrogens with one attached hydrogen (secondary N) is 1. The van der Waals surface area contributed by atoms with E-state index in [1.807, 2.05) is 24.3 Å². The van der Waals surface area contributed by atoms with Crippen molar-refractivity contribution in [1.82, 2.24) is 9.80 Å². The minimum Gasteiger partial charge on any atom is -0.389 e. The van der Waals surface area contributed by atoms with Crippen molar-refractivity contribution >= 4 is 28.8 Å². The van der Waals surface area contributed by atoms with E-state index in [-0.39, 0.29) is 5.91 Å². The minimum absolute atomic E-state index is 0.00910. The van der Waals surface area contributed by atoms with Gasteiger partial charge in [0.25, 0.3) is 0 Å². The van der Waals surface area contributed by atoms with Crippen molar-refractivity contribution in [2.45, 2.75) is 13.0 Å².